The number of ether oxygens (including phenoxy) is 7. The van der Waals surface area contributed by atoms with Crippen molar-refractivity contribution < 1.29 is 68.0 Å². The summed E-state index contributed by atoms with van der Waals surface area (Å²) in [5, 5.41) is 46.6. The number of cyclic esters (lactones) is 1. The molecule has 0 aromatic carbocycles. The van der Waals surface area contributed by atoms with Crippen LogP contribution in [0.4, 0.5) is 0 Å². The number of likely N-dealkylation sites (N-methyl/N-ethyl adjacent to an activating group) is 1. The number of aliphatic hydroxyl groups excluding tert-OH is 2. The molecular weight excluding hydrogens is 718 g/mol. The molecule has 3 heterocycles. The summed E-state index contributed by atoms with van der Waals surface area (Å²) in [6.07, 6.45) is -9.68. The number of Topliss-reactive ketones (excluding diaryl/α,β-unsaturated/α-hetero) is 1. The predicted molar refractivity (Wildman–Crippen MR) is 200 cm³/mol. The average Bonchev–Trinajstić information content (AvgIpc) is 3.11. The third kappa shape index (κ3) is 10.6. The van der Waals surface area contributed by atoms with Gasteiger partial charge in [-0.25, -0.2) is 0 Å². The standard InChI is InChI=1S/C40H71NO14/c1-15-27-40(11,48)33(44)22(5)30(43)20(3)18-38(9,47)35(55-37-32(53-28(42)16-2)26(41(12)13)17-21(4)50-37)23(6)31(24(7)36(46)52-27)54-29-19-39(10,49-14)34(45)25(8)51-29/h20-27,29,31-35,37,44-45,47-48H,15-19H2,1-14H3/t20-,21-,22-,23-,24+,25+,26+,27-,29-,31+,32+,33-,34-,35-,37+,38+,39+,40+/m1/s1. The van der Waals surface area contributed by atoms with Gasteiger partial charge in [0.05, 0.1) is 53.7 Å². The molecule has 0 aliphatic carbocycles. The Bertz CT molecular complexity index is 1290. The first-order valence-electron chi connectivity index (χ1n) is 19.9. The molecule has 18 atom stereocenters. The van der Waals surface area contributed by atoms with Gasteiger partial charge < -0.3 is 58.5 Å². The molecule has 320 valence electrons. The van der Waals surface area contributed by atoms with Crippen molar-refractivity contribution in [2.24, 2.45) is 23.7 Å². The van der Waals surface area contributed by atoms with E-state index in [1.807, 2.05) is 25.9 Å². The zero-order chi connectivity index (χ0) is 42.0. The first-order valence-corrected chi connectivity index (χ1v) is 19.9. The van der Waals surface area contributed by atoms with E-state index in [2.05, 4.69) is 0 Å². The average molecular weight is 790 g/mol. The Morgan fingerprint density at radius 2 is 1.51 bits per heavy atom. The summed E-state index contributed by atoms with van der Waals surface area (Å²) in [6, 6.07) is -0.319. The molecule has 15 nitrogen and oxygen atoms in total. The maximum atomic E-state index is 14.2. The van der Waals surface area contributed by atoms with Gasteiger partial charge in [-0.2, -0.15) is 0 Å². The topological polar surface area (TPSA) is 200 Å². The Labute approximate surface area is 327 Å². The molecule has 15 heteroatoms. The summed E-state index contributed by atoms with van der Waals surface area (Å²) >= 11 is 0. The van der Waals surface area contributed by atoms with Gasteiger partial charge in [0.2, 0.25) is 0 Å². The van der Waals surface area contributed by atoms with Gasteiger partial charge in [-0.05, 0) is 74.9 Å². The molecule has 3 aliphatic rings. The highest BCUT2D eigenvalue weighted by Crippen LogP contribution is 2.41. The van der Waals surface area contributed by atoms with Gasteiger partial charge in [-0.1, -0.05) is 34.6 Å². The number of esters is 2. The van der Waals surface area contributed by atoms with Crippen molar-refractivity contribution in [3.63, 3.8) is 0 Å². The zero-order valence-electron chi connectivity index (χ0n) is 35.5. The summed E-state index contributed by atoms with van der Waals surface area (Å²) in [7, 11) is 5.21. The smallest absolute Gasteiger partial charge is 0.311 e. The second kappa shape index (κ2) is 18.9. The van der Waals surface area contributed by atoms with Crippen LogP contribution in [0.3, 0.4) is 0 Å². The number of carbonyl (C=O) groups excluding carboxylic acids is 3. The fourth-order valence-electron chi connectivity index (χ4n) is 8.76. The molecular formula is C40H71NO14. The summed E-state index contributed by atoms with van der Waals surface area (Å²) in [5.74, 6) is -5.59. The Balaban J connectivity index is 2.24. The highest BCUT2D eigenvalue weighted by molar-refractivity contribution is 5.83. The Hall–Kier alpha value is -1.79. The van der Waals surface area contributed by atoms with Gasteiger partial charge >= 0.3 is 11.9 Å². The van der Waals surface area contributed by atoms with Crippen molar-refractivity contribution in [2.45, 2.75) is 193 Å². The Morgan fingerprint density at radius 1 is 0.891 bits per heavy atom. The lowest BCUT2D eigenvalue weighted by Crippen LogP contribution is -2.61. The third-order valence-corrected chi connectivity index (χ3v) is 12.4. The van der Waals surface area contributed by atoms with E-state index in [-0.39, 0.29) is 37.8 Å². The lowest BCUT2D eigenvalue weighted by Gasteiger charge is -2.49. The number of methoxy groups -OCH3 is 1. The van der Waals surface area contributed by atoms with E-state index in [0.29, 0.717) is 6.42 Å². The van der Waals surface area contributed by atoms with Gasteiger partial charge in [0, 0.05) is 37.7 Å². The van der Waals surface area contributed by atoms with Gasteiger partial charge in [-0.15, -0.1) is 0 Å². The highest BCUT2D eigenvalue weighted by atomic mass is 16.7. The Morgan fingerprint density at radius 3 is 2.05 bits per heavy atom. The molecule has 0 spiro atoms. The van der Waals surface area contributed by atoms with Crippen LogP contribution in [-0.4, -0.2) is 149 Å². The van der Waals surface area contributed by atoms with E-state index in [1.54, 1.807) is 48.5 Å². The maximum Gasteiger partial charge on any atom is 0.311 e. The van der Waals surface area contributed by atoms with Crippen LogP contribution in [0.1, 0.15) is 108 Å². The lowest BCUT2D eigenvalue weighted by atomic mass is 9.74. The fourth-order valence-corrected chi connectivity index (χ4v) is 8.76. The SMILES string of the molecule is CCC(=O)O[C@@H]1[C@H](O[C@@H]2[C@H](C)[C@H](O[C@@H]3C[C@](C)(OC)[C@H](O)[C@H](C)O3)[C@H](C)C(=O)O[C@H](CC)[C@](C)(O)[C@H](O)[C@H](C)C(=O)[C@H](C)C[C@]2(C)O)O[C@H](C)C[C@@H]1N(C)C. The summed E-state index contributed by atoms with van der Waals surface area (Å²) < 4.78 is 43.6. The number of carbonyl (C=O) groups is 3. The first kappa shape index (κ1) is 47.6. The predicted octanol–water partition coefficient (Wildman–Crippen LogP) is 2.75. The molecule has 0 aromatic heterocycles. The van der Waals surface area contributed by atoms with E-state index in [0.717, 1.165) is 0 Å². The first-order chi connectivity index (χ1) is 25.4. The minimum atomic E-state index is -2.01. The number of ketones is 1. The normalized spacial score (nSPS) is 46.9. The number of nitrogens with zero attached hydrogens (tertiary/aromatic N) is 1. The van der Waals surface area contributed by atoms with Crippen LogP contribution in [0.5, 0.6) is 0 Å². The molecule has 0 unspecified atom stereocenters. The van der Waals surface area contributed by atoms with Crippen molar-refractivity contribution in [1.29, 1.82) is 0 Å². The minimum Gasteiger partial charge on any atom is -0.459 e. The number of rotatable bonds is 9. The largest absolute Gasteiger partial charge is 0.459 e. The second-order valence-corrected chi connectivity index (χ2v) is 17.3. The number of hydrogen-bond donors (Lipinski definition) is 4. The van der Waals surface area contributed by atoms with Crippen LogP contribution < -0.4 is 0 Å². The van der Waals surface area contributed by atoms with Crippen LogP contribution in [-0.2, 0) is 47.5 Å². The van der Waals surface area contributed by atoms with E-state index in [4.69, 9.17) is 33.2 Å². The van der Waals surface area contributed by atoms with Crippen LogP contribution in [0.2, 0.25) is 0 Å². The lowest BCUT2D eigenvalue weighted by molar-refractivity contribution is -0.319. The van der Waals surface area contributed by atoms with Crippen molar-refractivity contribution in [2.75, 3.05) is 21.2 Å². The van der Waals surface area contributed by atoms with E-state index >= 15 is 0 Å². The number of aliphatic hydroxyl groups is 4. The second-order valence-electron chi connectivity index (χ2n) is 17.3. The quantitative estimate of drug-likeness (QED) is 0.249. The molecule has 3 aliphatic heterocycles. The van der Waals surface area contributed by atoms with E-state index < -0.39 is 114 Å². The zero-order valence-corrected chi connectivity index (χ0v) is 35.5. The van der Waals surface area contributed by atoms with Crippen molar-refractivity contribution in [3.05, 3.63) is 0 Å². The molecule has 0 aromatic rings. The van der Waals surface area contributed by atoms with Gasteiger partial charge in [0.15, 0.2) is 18.7 Å². The highest BCUT2D eigenvalue weighted by Gasteiger charge is 2.54. The van der Waals surface area contributed by atoms with Crippen LogP contribution >= 0.6 is 0 Å². The molecule has 0 radical (unpaired) electrons. The van der Waals surface area contributed by atoms with Gasteiger partial charge in [0.1, 0.15) is 23.6 Å². The van der Waals surface area contributed by atoms with Crippen molar-refractivity contribution >= 4 is 17.7 Å². The van der Waals surface area contributed by atoms with Crippen LogP contribution in [0.25, 0.3) is 0 Å². The fraction of sp³-hybridized carbons (Fsp3) is 0.925. The maximum absolute atomic E-state index is 14.2. The monoisotopic (exact) mass is 789 g/mol. The van der Waals surface area contributed by atoms with Crippen molar-refractivity contribution in [1.82, 2.24) is 4.90 Å². The third-order valence-electron chi connectivity index (χ3n) is 12.4. The van der Waals surface area contributed by atoms with Crippen molar-refractivity contribution in [3.8, 4) is 0 Å². The van der Waals surface area contributed by atoms with Crippen LogP contribution in [0, 0.1) is 23.7 Å². The molecule has 0 amide bonds. The van der Waals surface area contributed by atoms with E-state index in [1.165, 1.54) is 27.9 Å². The summed E-state index contributed by atoms with van der Waals surface area (Å²) in [6.45, 7) is 18.0. The van der Waals surface area contributed by atoms with Gasteiger partial charge in [0.25, 0.3) is 0 Å². The summed E-state index contributed by atoms with van der Waals surface area (Å²) in [4.78, 5) is 42.9. The number of hydrogen-bond acceptors (Lipinski definition) is 15. The molecule has 0 saturated carbocycles. The molecule has 55 heavy (non-hydrogen) atoms. The molecule has 0 bridgehead atoms. The molecule has 4 N–H and O–H groups in total. The summed E-state index contributed by atoms with van der Waals surface area (Å²) in [5.41, 5.74) is -4.92. The Kier molecular flexibility index (Phi) is 16.3. The minimum absolute atomic E-state index is 0.0760. The van der Waals surface area contributed by atoms with Crippen LogP contribution in [0.15, 0.2) is 0 Å². The van der Waals surface area contributed by atoms with E-state index in [9.17, 15) is 34.8 Å². The molecule has 3 fully saturated rings. The molecule has 3 rings (SSSR count). The van der Waals surface area contributed by atoms with Gasteiger partial charge in [-0.3, -0.25) is 14.4 Å². The molecule has 3 saturated heterocycles.